The summed E-state index contributed by atoms with van der Waals surface area (Å²) in [5.74, 6) is 2.03. The molecule has 1 aromatic heterocycles. The minimum absolute atomic E-state index is 0.0762. The maximum absolute atomic E-state index is 11.1. The van der Waals surface area contributed by atoms with Crippen LogP contribution in [0.1, 0.15) is 41.9 Å². The molecule has 5 nitrogen and oxygen atoms in total. The second-order valence-electron chi connectivity index (χ2n) is 6.32. The fourth-order valence-electron chi connectivity index (χ4n) is 3.87. The third kappa shape index (κ3) is 2.49. The first-order valence-corrected chi connectivity index (χ1v) is 7.33. The van der Waals surface area contributed by atoms with Gasteiger partial charge in [-0.25, -0.2) is 14.8 Å². The summed E-state index contributed by atoms with van der Waals surface area (Å²) in [6.45, 7) is 2.74. The lowest BCUT2D eigenvalue weighted by atomic mass is 9.88. The number of hydrogen-bond acceptors (Lipinski definition) is 4. The van der Waals surface area contributed by atoms with Crippen LogP contribution in [0.3, 0.4) is 0 Å². The van der Waals surface area contributed by atoms with Gasteiger partial charge in [0.2, 0.25) is 5.95 Å². The summed E-state index contributed by atoms with van der Waals surface area (Å²) >= 11 is 0. The van der Waals surface area contributed by atoms with Crippen molar-refractivity contribution in [1.29, 1.82) is 0 Å². The van der Waals surface area contributed by atoms with Gasteiger partial charge in [-0.05, 0) is 50.0 Å². The molecule has 20 heavy (non-hydrogen) atoms. The Kier molecular flexibility index (Phi) is 3.36. The van der Waals surface area contributed by atoms with Crippen LogP contribution in [-0.4, -0.2) is 34.6 Å². The highest BCUT2D eigenvalue weighted by molar-refractivity contribution is 5.85. The Bertz CT molecular complexity index is 532. The van der Waals surface area contributed by atoms with Gasteiger partial charge < -0.3 is 10.0 Å². The molecule has 0 saturated heterocycles. The maximum Gasteiger partial charge on any atom is 0.354 e. The van der Waals surface area contributed by atoms with Crippen LogP contribution in [0, 0.1) is 24.7 Å². The van der Waals surface area contributed by atoms with E-state index in [9.17, 15) is 4.79 Å². The van der Waals surface area contributed by atoms with Crippen molar-refractivity contribution in [2.24, 2.45) is 17.8 Å². The molecule has 0 aromatic carbocycles. The molecule has 0 spiro atoms. The minimum Gasteiger partial charge on any atom is -0.477 e. The molecule has 0 radical (unpaired) electrons. The average molecular weight is 275 g/mol. The van der Waals surface area contributed by atoms with Crippen LogP contribution in [0.2, 0.25) is 0 Å². The highest BCUT2D eigenvalue weighted by Gasteiger charge is 2.39. The van der Waals surface area contributed by atoms with Gasteiger partial charge in [-0.1, -0.05) is 6.42 Å². The SMILES string of the molecule is Cc1cc(C(=O)O)nc(N(C)CC2CC3CCC2C3)n1. The molecule has 0 amide bonds. The maximum atomic E-state index is 11.1. The van der Waals surface area contributed by atoms with Crippen LogP contribution in [0.5, 0.6) is 0 Å². The number of anilines is 1. The Morgan fingerprint density at radius 1 is 1.40 bits per heavy atom. The molecule has 3 unspecified atom stereocenters. The fourth-order valence-corrected chi connectivity index (χ4v) is 3.87. The van der Waals surface area contributed by atoms with Crippen LogP contribution in [-0.2, 0) is 0 Å². The van der Waals surface area contributed by atoms with Crippen LogP contribution in [0.15, 0.2) is 6.07 Å². The molecule has 3 atom stereocenters. The third-order valence-corrected chi connectivity index (χ3v) is 4.80. The molecular weight excluding hydrogens is 254 g/mol. The van der Waals surface area contributed by atoms with Gasteiger partial charge in [0.1, 0.15) is 0 Å². The number of aromatic nitrogens is 2. The zero-order valence-corrected chi connectivity index (χ0v) is 12.0. The normalized spacial score (nSPS) is 27.8. The molecule has 1 heterocycles. The van der Waals surface area contributed by atoms with Crippen LogP contribution < -0.4 is 4.90 Å². The molecular formula is C15H21N3O2. The Hall–Kier alpha value is -1.65. The molecule has 2 aliphatic rings. The summed E-state index contributed by atoms with van der Waals surface area (Å²) in [5, 5.41) is 9.08. The number of aryl methyl sites for hydroxylation is 1. The van der Waals surface area contributed by atoms with Gasteiger partial charge >= 0.3 is 5.97 Å². The molecule has 2 fully saturated rings. The van der Waals surface area contributed by atoms with Crippen molar-refractivity contribution in [2.75, 3.05) is 18.5 Å². The monoisotopic (exact) mass is 275 g/mol. The van der Waals surface area contributed by atoms with E-state index in [4.69, 9.17) is 5.11 Å². The van der Waals surface area contributed by atoms with Crippen molar-refractivity contribution in [3.63, 3.8) is 0 Å². The number of nitrogens with zero attached hydrogens (tertiary/aromatic N) is 3. The summed E-state index contributed by atoms with van der Waals surface area (Å²) in [4.78, 5) is 21.6. The topological polar surface area (TPSA) is 66.3 Å². The Morgan fingerprint density at radius 3 is 2.80 bits per heavy atom. The summed E-state index contributed by atoms with van der Waals surface area (Å²) in [6, 6.07) is 1.51. The molecule has 2 aliphatic carbocycles. The summed E-state index contributed by atoms with van der Waals surface area (Å²) < 4.78 is 0. The van der Waals surface area contributed by atoms with Crippen molar-refractivity contribution < 1.29 is 9.90 Å². The molecule has 3 rings (SSSR count). The average Bonchev–Trinajstić information content (AvgIpc) is 3.00. The Labute approximate surface area is 119 Å². The standard InChI is InChI=1S/C15H21N3O2/c1-9-5-13(14(19)20)17-15(16-9)18(2)8-12-7-10-3-4-11(12)6-10/h5,10-12H,3-4,6-8H2,1-2H3,(H,19,20). The molecule has 1 aromatic rings. The predicted octanol–water partition coefficient (Wildman–Crippen LogP) is 2.36. The first-order chi connectivity index (χ1) is 9.52. The molecule has 108 valence electrons. The predicted molar refractivity (Wildman–Crippen MR) is 75.9 cm³/mol. The van der Waals surface area contributed by atoms with E-state index in [0.717, 1.165) is 24.3 Å². The highest BCUT2D eigenvalue weighted by Crippen LogP contribution is 2.48. The number of fused-ring (bicyclic) bond motifs is 2. The van der Waals surface area contributed by atoms with Crippen molar-refractivity contribution >= 4 is 11.9 Å². The zero-order valence-electron chi connectivity index (χ0n) is 12.0. The number of hydrogen-bond donors (Lipinski definition) is 1. The van der Waals surface area contributed by atoms with E-state index < -0.39 is 5.97 Å². The van der Waals surface area contributed by atoms with Crippen LogP contribution in [0.4, 0.5) is 5.95 Å². The number of rotatable bonds is 4. The molecule has 2 bridgehead atoms. The van der Waals surface area contributed by atoms with E-state index in [0.29, 0.717) is 11.6 Å². The largest absolute Gasteiger partial charge is 0.477 e. The highest BCUT2D eigenvalue weighted by atomic mass is 16.4. The second kappa shape index (κ2) is 5.04. The molecule has 5 heteroatoms. The van der Waals surface area contributed by atoms with Crippen molar-refractivity contribution in [2.45, 2.75) is 32.6 Å². The van der Waals surface area contributed by atoms with E-state index in [2.05, 4.69) is 9.97 Å². The zero-order chi connectivity index (χ0) is 14.3. The second-order valence-corrected chi connectivity index (χ2v) is 6.32. The van der Waals surface area contributed by atoms with Gasteiger partial charge in [0.05, 0.1) is 0 Å². The summed E-state index contributed by atoms with van der Waals surface area (Å²) in [5.41, 5.74) is 0.777. The lowest BCUT2D eigenvalue weighted by Crippen LogP contribution is -2.30. The summed E-state index contributed by atoms with van der Waals surface area (Å²) in [6.07, 6.45) is 5.45. The molecule has 0 aliphatic heterocycles. The van der Waals surface area contributed by atoms with Crippen molar-refractivity contribution in [3.8, 4) is 0 Å². The summed E-state index contributed by atoms with van der Waals surface area (Å²) in [7, 11) is 1.96. The van der Waals surface area contributed by atoms with E-state index in [1.807, 2.05) is 18.9 Å². The third-order valence-electron chi connectivity index (χ3n) is 4.80. The first-order valence-electron chi connectivity index (χ1n) is 7.33. The van der Waals surface area contributed by atoms with Gasteiger partial charge in [-0.15, -0.1) is 0 Å². The molecule has 1 N–H and O–H groups in total. The fraction of sp³-hybridized carbons (Fsp3) is 0.667. The van der Waals surface area contributed by atoms with Crippen molar-refractivity contribution in [1.82, 2.24) is 9.97 Å². The lowest BCUT2D eigenvalue weighted by Gasteiger charge is -2.27. The van der Waals surface area contributed by atoms with Gasteiger partial charge in [0.25, 0.3) is 0 Å². The lowest BCUT2D eigenvalue weighted by molar-refractivity contribution is 0.0690. The number of aromatic carboxylic acids is 1. The van der Waals surface area contributed by atoms with E-state index in [1.54, 1.807) is 0 Å². The van der Waals surface area contributed by atoms with Crippen molar-refractivity contribution in [3.05, 3.63) is 17.5 Å². The Morgan fingerprint density at radius 2 is 2.20 bits per heavy atom. The quantitative estimate of drug-likeness (QED) is 0.913. The van der Waals surface area contributed by atoms with Crippen LogP contribution >= 0.6 is 0 Å². The van der Waals surface area contributed by atoms with Gasteiger partial charge in [0.15, 0.2) is 5.69 Å². The first kappa shape index (κ1) is 13.3. The number of carbonyl (C=O) groups is 1. The van der Waals surface area contributed by atoms with Gasteiger partial charge in [0, 0.05) is 19.3 Å². The van der Waals surface area contributed by atoms with E-state index in [-0.39, 0.29) is 5.69 Å². The van der Waals surface area contributed by atoms with Crippen LogP contribution in [0.25, 0.3) is 0 Å². The van der Waals surface area contributed by atoms with E-state index >= 15 is 0 Å². The number of carboxylic acids is 1. The van der Waals surface area contributed by atoms with Gasteiger partial charge in [-0.3, -0.25) is 0 Å². The smallest absolute Gasteiger partial charge is 0.354 e. The minimum atomic E-state index is -0.995. The van der Waals surface area contributed by atoms with Gasteiger partial charge in [-0.2, -0.15) is 0 Å². The van der Waals surface area contributed by atoms with E-state index in [1.165, 1.54) is 31.7 Å². The molecule has 2 saturated carbocycles. The Balaban J connectivity index is 1.73. The number of carboxylic acid groups (broad SMARTS) is 1.